The Bertz CT molecular complexity index is 605. The van der Waals surface area contributed by atoms with Gasteiger partial charge in [-0.1, -0.05) is 12.1 Å². The molecular weight excluding hydrogens is 231 g/mol. The number of aromatic nitrogens is 1. The minimum atomic E-state index is -1.01. The Morgan fingerprint density at radius 3 is 2.78 bits per heavy atom. The van der Waals surface area contributed by atoms with Crippen LogP contribution in [0, 0.1) is 17.1 Å². The molecule has 18 heavy (non-hydrogen) atoms. The van der Waals surface area contributed by atoms with Crippen molar-refractivity contribution in [2.45, 2.75) is 5.92 Å². The van der Waals surface area contributed by atoms with E-state index in [9.17, 15) is 9.18 Å². The average Bonchev–Trinajstić information content (AvgIpc) is 2.40. The molecule has 0 spiro atoms. The highest BCUT2D eigenvalue weighted by Crippen LogP contribution is 2.20. The normalized spacial score (nSPS) is 11.6. The molecule has 88 valence electrons. The molecule has 0 N–H and O–H groups in total. The lowest BCUT2D eigenvalue weighted by molar-refractivity contribution is 0.0978. The van der Waals surface area contributed by atoms with Crippen molar-refractivity contribution >= 4 is 5.78 Å². The number of benzene rings is 1. The number of rotatable bonds is 3. The first-order valence-electron chi connectivity index (χ1n) is 5.31. The van der Waals surface area contributed by atoms with Crippen molar-refractivity contribution in [3.63, 3.8) is 0 Å². The first-order chi connectivity index (χ1) is 8.72. The Hall–Kier alpha value is -2.54. The summed E-state index contributed by atoms with van der Waals surface area (Å²) in [5.74, 6) is -1.85. The summed E-state index contributed by atoms with van der Waals surface area (Å²) in [4.78, 5) is 15.9. The number of ketones is 1. The van der Waals surface area contributed by atoms with E-state index in [0.29, 0.717) is 11.1 Å². The number of carbonyl (C=O) groups excluding carboxylic acids is 1. The van der Waals surface area contributed by atoms with E-state index in [1.807, 2.05) is 6.07 Å². The van der Waals surface area contributed by atoms with Crippen molar-refractivity contribution in [2.24, 2.45) is 0 Å². The predicted molar refractivity (Wildman–Crippen MR) is 63.3 cm³/mol. The van der Waals surface area contributed by atoms with Crippen molar-refractivity contribution in [3.05, 3.63) is 65.7 Å². The zero-order valence-corrected chi connectivity index (χ0v) is 9.38. The van der Waals surface area contributed by atoms with Gasteiger partial charge in [-0.05, 0) is 29.8 Å². The van der Waals surface area contributed by atoms with Crippen molar-refractivity contribution in [3.8, 4) is 6.07 Å². The third kappa shape index (κ3) is 2.41. The lowest BCUT2D eigenvalue weighted by Gasteiger charge is -2.08. The van der Waals surface area contributed by atoms with Crippen LogP contribution in [0.4, 0.5) is 4.39 Å². The van der Waals surface area contributed by atoms with Gasteiger partial charge < -0.3 is 0 Å². The first-order valence-corrected chi connectivity index (χ1v) is 5.31. The van der Waals surface area contributed by atoms with Crippen LogP contribution >= 0.6 is 0 Å². The summed E-state index contributed by atoms with van der Waals surface area (Å²) >= 11 is 0. The topological polar surface area (TPSA) is 53.8 Å². The Kier molecular flexibility index (Phi) is 3.44. The molecule has 0 unspecified atom stereocenters. The molecule has 4 heteroatoms. The van der Waals surface area contributed by atoms with Crippen LogP contribution in [-0.2, 0) is 0 Å². The fourth-order valence-electron chi connectivity index (χ4n) is 1.65. The van der Waals surface area contributed by atoms with E-state index < -0.39 is 11.7 Å². The summed E-state index contributed by atoms with van der Waals surface area (Å²) in [5.41, 5.74) is 0.694. The highest BCUT2D eigenvalue weighted by atomic mass is 19.1. The van der Waals surface area contributed by atoms with E-state index in [1.54, 1.807) is 24.4 Å². The third-order valence-electron chi connectivity index (χ3n) is 2.52. The number of nitriles is 1. The molecule has 0 fully saturated rings. The minimum absolute atomic E-state index is 0.341. The Balaban J connectivity index is 2.36. The maximum Gasteiger partial charge on any atom is 0.185 e. The number of hydrogen-bond donors (Lipinski definition) is 0. The largest absolute Gasteiger partial charge is 0.292 e. The highest BCUT2D eigenvalue weighted by molar-refractivity contribution is 6.02. The van der Waals surface area contributed by atoms with Gasteiger partial charge in [-0.15, -0.1) is 0 Å². The molecule has 3 nitrogen and oxygen atoms in total. The SMILES string of the molecule is N#C[C@H](C(=O)c1cccnc1)c1cccc(F)c1. The fraction of sp³-hybridized carbons (Fsp3) is 0.0714. The lowest BCUT2D eigenvalue weighted by Crippen LogP contribution is -2.11. The summed E-state index contributed by atoms with van der Waals surface area (Å²) in [6, 6.07) is 10.6. The van der Waals surface area contributed by atoms with Gasteiger partial charge >= 0.3 is 0 Å². The van der Waals surface area contributed by atoms with Gasteiger partial charge in [0.1, 0.15) is 11.7 Å². The van der Waals surface area contributed by atoms with Crippen LogP contribution in [0.2, 0.25) is 0 Å². The highest BCUT2D eigenvalue weighted by Gasteiger charge is 2.22. The molecule has 0 aliphatic rings. The number of nitrogens with zero attached hydrogens (tertiary/aromatic N) is 2. The molecule has 0 aliphatic carbocycles. The maximum atomic E-state index is 13.1. The average molecular weight is 240 g/mol. The molecule has 1 aromatic heterocycles. The van der Waals surface area contributed by atoms with Gasteiger partial charge in [0.25, 0.3) is 0 Å². The van der Waals surface area contributed by atoms with Crippen molar-refractivity contribution in [1.29, 1.82) is 5.26 Å². The molecule has 0 saturated heterocycles. The quantitative estimate of drug-likeness (QED) is 0.775. The number of halogens is 1. The molecule has 1 heterocycles. The number of carbonyl (C=O) groups is 1. The van der Waals surface area contributed by atoms with Gasteiger partial charge in [0.15, 0.2) is 5.78 Å². The van der Waals surface area contributed by atoms with E-state index in [0.717, 1.165) is 0 Å². The van der Waals surface area contributed by atoms with Gasteiger partial charge in [0, 0.05) is 18.0 Å². The zero-order valence-electron chi connectivity index (χ0n) is 9.38. The van der Waals surface area contributed by atoms with Gasteiger partial charge in [-0.25, -0.2) is 4.39 Å². The van der Waals surface area contributed by atoms with Crippen LogP contribution in [0.5, 0.6) is 0 Å². The maximum absolute atomic E-state index is 13.1. The van der Waals surface area contributed by atoms with Crippen LogP contribution in [-0.4, -0.2) is 10.8 Å². The Morgan fingerprint density at radius 2 is 2.17 bits per heavy atom. The van der Waals surface area contributed by atoms with E-state index in [2.05, 4.69) is 4.98 Å². The van der Waals surface area contributed by atoms with Crippen LogP contribution in [0.25, 0.3) is 0 Å². The molecule has 0 bridgehead atoms. The minimum Gasteiger partial charge on any atom is -0.292 e. The molecule has 0 saturated carbocycles. The Morgan fingerprint density at radius 1 is 1.33 bits per heavy atom. The van der Waals surface area contributed by atoms with Gasteiger partial charge in [-0.2, -0.15) is 5.26 Å². The second kappa shape index (κ2) is 5.19. The Labute approximate surface area is 104 Å². The van der Waals surface area contributed by atoms with Crippen LogP contribution in [0.15, 0.2) is 48.8 Å². The molecule has 1 atom stereocenters. The second-order valence-electron chi connectivity index (χ2n) is 3.72. The molecule has 1 aromatic carbocycles. The van der Waals surface area contributed by atoms with E-state index in [4.69, 9.17) is 5.26 Å². The van der Waals surface area contributed by atoms with Crippen LogP contribution in [0.3, 0.4) is 0 Å². The van der Waals surface area contributed by atoms with E-state index >= 15 is 0 Å². The molecule has 0 aliphatic heterocycles. The van der Waals surface area contributed by atoms with Gasteiger partial charge in [0.2, 0.25) is 0 Å². The van der Waals surface area contributed by atoms with Gasteiger partial charge in [-0.3, -0.25) is 9.78 Å². The molecular formula is C14H9FN2O. The standard InChI is InChI=1S/C14H9FN2O/c15-12-5-1-3-10(7-12)13(8-16)14(18)11-4-2-6-17-9-11/h1-7,9,13H/t13-/m0/s1. The van der Waals surface area contributed by atoms with E-state index in [-0.39, 0.29) is 5.78 Å². The van der Waals surface area contributed by atoms with Crippen LogP contribution in [0.1, 0.15) is 21.8 Å². The smallest absolute Gasteiger partial charge is 0.185 e. The lowest BCUT2D eigenvalue weighted by atomic mass is 9.92. The third-order valence-corrected chi connectivity index (χ3v) is 2.52. The van der Waals surface area contributed by atoms with Crippen LogP contribution < -0.4 is 0 Å². The van der Waals surface area contributed by atoms with Crippen molar-refractivity contribution in [2.75, 3.05) is 0 Å². The summed E-state index contributed by atoms with van der Waals surface area (Å²) in [5, 5.41) is 9.09. The number of pyridine rings is 1. The summed E-state index contributed by atoms with van der Waals surface area (Å²) in [6.45, 7) is 0. The molecule has 0 amide bonds. The monoisotopic (exact) mass is 240 g/mol. The van der Waals surface area contributed by atoms with Crippen molar-refractivity contribution < 1.29 is 9.18 Å². The summed E-state index contributed by atoms with van der Waals surface area (Å²) in [7, 11) is 0. The molecule has 0 radical (unpaired) electrons. The fourth-order valence-corrected chi connectivity index (χ4v) is 1.65. The molecule has 2 aromatic rings. The van der Waals surface area contributed by atoms with Crippen molar-refractivity contribution in [1.82, 2.24) is 4.98 Å². The van der Waals surface area contributed by atoms with Gasteiger partial charge in [0.05, 0.1) is 6.07 Å². The van der Waals surface area contributed by atoms with E-state index in [1.165, 1.54) is 24.4 Å². The summed E-state index contributed by atoms with van der Waals surface area (Å²) in [6.07, 6.45) is 2.94. The zero-order chi connectivity index (χ0) is 13.0. The molecule has 2 rings (SSSR count). The number of hydrogen-bond acceptors (Lipinski definition) is 3. The second-order valence-corrected chi connectivity index (χ2v) is 3.72. The predicted octanol–water partition coefficient (Wildman–Crippen LogP) is 2.71. The first kappa shape index (κ1) is 11.9. The number of Topliss-reactive ketones (excluding diaryl/α,β-unsaturated/α-hetero) is 1. The summed E-state index contributed by atoms with van der Waals surface area (Å²) < 4.78 is 13.1.